The molecule has 3 aliphatic rings. The first kappa shape index (κ1) is 22.8. The van der Waals surface area contributed by atoms with Gasteiger partial charge in [-0.05, 0) is 56.6 Å². The third kappa shape index (κ3) is 3.61. The SMILES string of the molecule is [C-]#[N+]C1=C[C@@]2(C)c3nc(-c4ccnc5ccccc45)nc(OC4CCCCC4)c3CC[C@@H]2[C@@H](C)C1=O. The van der Waals surface area contributed by atoms with Gasteiger partial charge in [-0.25, -0.2) is 9.83 Å². The van der Waals surface area contributed by atoms with Crippen LogP contribution < -0.4 is 4.74 Å². The molecule has 2 aromatic heterocycles. The summed E-state index contributed by atoms with van der Waals surface area (Å²) in [6.07, 6.45) is 11.1. The quantitative estimate of drug-likeness (QED) is 0.417. The van der Waals surface area contributed by atoms with E-state index in [1.165, 1.54) is 19.3 Å². The zero-order valence-electron chi connectivity index (χ0n) is 20.8. The predicted molar refractivity (Wildman–Crippen MR) is 138 cm³/mol. The fraction of sp³-hybridized carbons (Fsp3) is 0.433. The number of allylic oxidation sites excluding steroid dienone is 2. The minimum Gasteiger partial charge on any atom is -0.474 e. The summed E-state index contributed by atoms with van der Waals surface area (Å²) in [5, 5.41) is 0.991. The minimum atomic E-state index is -0.536. The monoisotopic (exact) mass is 478 g/mol. The molecule has 2 heterocycles. The van der Waals surface area contributed by atoms with Gasteiger partial charge in [0.1, 0.15) is 6.10 Å². The zero-order valence-corrected chi connectivity index (χ0v) is 20.8. The molecular formula is C30H30N4O2. The van der Waals surface area contributed by atoms with Crippen LogP contribution >= 0.6 is 0 Å². The lowest BCUT2D eigenvalue weighted by atomic mass is 9.58. The van der Waals surface area contributed by atoms with Crippen LogP contribution in [0.1, 0.15) is 63.6 Å². The number of ether oxygens (including phenoxy) is 1. The van der Waals surface area contributed by atoms with Crippen molar-refractivity contribution in [2.24, 2.45) is 11.8 Å². The second-order valence-electron chi connectivity index (χ2n) is 10.7. The molecule has 182 valence electrons. The Morgan fingerprint density at radius 2 is 1.89 bits per heavy atom. The van der Waals surface area contributed by atoms with Crippen LogP contribution in [0.5, 0.6) is 5.88 Å². The molecule has 0 radical (unpaired) electrons. The normalized spacial score (nSPS) is 26.0. The van der Waals surface area contributed by atoms with E-state index in [2.05, 4.69) is 16.8 Å². The van der Waals surface area contributed by atoms with E-state index in [1.54, 1.807) is 6.20 Å². The zero-order chi connectivity index (χ0) is 24.9. The van der Waals surface area contributed by atoms with Crippen molar-refractivity contribution in [3.63, 3.8) is 0 Å². The highest BCUT2D eigenvalue weighted by atomic mass is 16.5. The van der Waals surface area contributed by atoms with Crippen LogP contribution in [-0.4, -0.2) is 26.8 Å². The predicted octanol–water partition coefficient (Wildman–Crippen LogP) is 6.25. The Kier molecular flexibility index (Phi) is 5.59. The molecule has 0 spiro atoms. The molecule has 1 saturated carbocycles. The Morgan fingerprint density at radius 3 is 2.69 bits per heavy atom. The topological polar surface area (TPSA) is 69.3 Å². The van der Waals surface area contributed by atoms with Gasteiger partial charge in [0.15, 0.2) is 11.6 Å². The van der Waals surface area contributed by atoms with Crippen molar-refractivity contribution in [2.75, 3.05) is 0 Å². The van der Waals surface area contributed by atoms with E-state index < -0.39 is 5.41 Å². The highest BCUT2D eigenvalue weighted by Gasteiger charge is 2.50. The van der Waals surface area contributed by atoms with Crippen LogP contribution in [0.25, 0.3) is 27.1 Å². The average Bonchev–Trinajstić information content (AvgIpc) is 2.91. The summed E-state index contributed by atoms with van der Waals surface area (Å²) >= 11 is 0. The molecule has 0 N–H and O–H groups in total. The van der Waals surface area contributed by atoms with E-state index >= 15 is 0 Å². The lowest BCUT2D eigenvalue weighted by Gasteiger charge is -2.46. The van der Waals surface area contributed by atoms with Crippen molar-refractivity contribution in [2.45, 2.75) is 70.3 Å². The number of hydrogen-bond donors (Lipinski definition) is 0. The smallest absolute Gasteiger partial charge is 0.226 e. The number of benzene rings is 1. The Balaban J connectivity index is 1.58. The number of carbonyl (C=O) groups is 1. The minimum absolute atomic E-state index is 0.0518. The van der Waals surface area contributed by atoms with Crippen LogP contribution in [0, 0.1) is 18.4 Å². The molecule has 3 aliphatic carbocycles. The van der Waals surface area contributed by atoms with Gasteiger partial charge in [0.2, 0.25) is 11.6 Å². The number of fused-ring (bicyclic) bond motifs is 4. The van der Waals surface area contributed by atoms with Gasteiger partial charge in [0.05, 0.1) is 17.8 Å². The lowest BCUT2D eigenvalue weighted by Crippen LogP contribution is -2.46. The summed E-state index contributed by atoms with van der Waals surface area (Å²) in [5.74, 6) is 1.10. The summed E-state index contributed by atoms with van der Waals surface area (Å²) in [6, 6.07) is 9.98. The summed E-state index contributed by atoms with van der Waals surface area (Å²) < 4.78 is 6.64. The highest BCUT2D eigenvalue weighted by molar-refractivity contribution is 6.00. The van der Waals surface area contributed by atoms with Crippen molar-refractivity contribution in [1.82, 2.24) is 15.0 Å². The van der Waals surface area contributed by atoms with E-state index in [1.807, 2.05) is 43.3 Å². The molecular weight excluding hydrogens is 448 g/mol. The number of carbonyl (C=O) groups excluding carboxylic acids is 1. The molecule has 6 heteroatoms. The van der Waals surface area contributed by atoms with Gasteiger partial charge < -0.3 is 9.53 Å². The third-order valence-corrected chi connectivity index (χ3v) is 8.50. The molecule has 3 aromatic rings. The second kappa shape index (κ2) is 8.81. The maximum atomic E-state index is 12.9. The molecule has 0 unspecified atom stereocenters. The Morgan fingerprint density at radius 1 is 1.08 bits per heavy atom. The molecule has 1 fully saturated rings. The fourth-order valence-corrected chi connectivity index (χ4v) is 6.56. The van der Waals surface area contributed by atoms with E-state index in [0.717, 1.165) is 53.4 Å². The van der Waals surface area contributed by atoms with Crippen molar-refractivity contribution >= 4 is 16.7 Å². The molecule has 0 bridgehead atoms. The fourth-order valence-electron chi connectivity index (χ4n) is 6.56. The number of pyridine rings is 1. The average molecular weight is 479 g/mol. The van der Waals surface area contributed by atoms with Crippen LogP contribution in [0.15, 0.2) is 48.3 Å². The van der Waals surface area contributed by atoms with E-state index in [0.29, 0.717) is 11.7 Å². The van der Waals surface area contributed by atoms with E-state index in [4.69, 9.17) is 21.3 Å². The standard InChI is InChI=1S/C30H30N4O2/c1-18-23-14-13-22-27(30(23,2)17-25(31-3)26(18)35)33-28(34-29(22)36-19-9-5-4-6-10-19)21-15-16-32-24-12-8-7-11-20(21)24/h7-8,11-12,15-19,23H,4-6,9-10,13-14H2,1-2H3/t18-,23-,30-/m1/s1. The number of hydrogen-bond acceptors (Lipinski definition) is 5. The van der Waals surface area contributed by atoms with Gasteiger partial charge in [0, 0.05) is 34.0 Å². The first-order chi connectivity index (χ1) is 17.5. The highest BCUT2D eigenvalue weighted by Crippen LogP contribution is 2.51. The molecule has 6 rings (SSSR count). The summed E-state index contributed by atoms with van der Waals surface area (Å²) in [6.45, 7) is 11.7. The number of Topliss-reactive ketones (excluding diaryl/α,β-unsaturated/α-hetero) is 1. The van der Waals surface area contributed by atoms with Crippen molar-refractivity contribution in [1.29, 1.82) is 0 Å². The number of para-hydroxylation sites is 1. The van der Waals surface area contributed by atoms with E-state index in [-0.39, 0.29) is 29.4 Å². The van der Waals surface area contributed by atoms with Crippen LogP contribution in [0.3, 0.4) is 0 Å². The van der Waals surface area contributed by atoms with Gasteiger partial charge in [-0.1, -0.05) is 44.5 Å². The Hall–Kier alpha value is -3.59. The second-order valence-corrected chi connectivity index (χ2v) is 10.7. The Labute approximate surface area is 211 Å². The van der Waals surface area contributed by atoms with Crippen LogP contribution in [-0.2, 0) is 16.6 Å². The first-order valence-electron chi connectivity index (χ1n) is 13.1. The van der Waals surface area contributed by atoms with Gasteiger partial charge in [0.25, 0.3) is 0 Å². The molecule has 0 aliphatic heterocycles. The van der Waals surface area contributed by atoms with Crippen LogP contribution in [0.2, 0.25) is 0 Å². The summed E-state index contributed by atoms with van der Waals surface area (Å²) in [7, 11) is 0. The summed E-state index contributed by atoms with van der Waals surface area (Å²) in [5.41, 5.74) is 3.42. The van der Waals surface area contributed by atoms with Gasteiger partial charge >= 0.3 is 0 Å². The lowest BCUT2D eigenvalue weighted by molar-refractivity contribution is -0.121. The maximum absolute atomic E-state index is 12.9. The number of ketones is 1. The van der Waals surface area contributed by atoms with Crippen LogP contribution in [0.4, 0.5) is 0 Å². The number of nitrogens with zero attached hydrogens (tertiary/aromatic N) is 4. The van der Waals surface area contributed by atoms with Crippen molar-refractivity contribution < 1.29 is 9.53 Å². The molecule has 0 saturated heterocycles. The molecule has 6 nitrogen and oxygen atoms in total. The molecule has 1 aromatic carbocycles. The van der Waals surface area contributed by atoms with Gasteiger partial charge in [-0.3, -0.25) is 4.98 Å². The van der Waals surface area contributed by atoms with Crippen molar-refractivity contribution in [3.05, 3.63) is 71.0 Å². The molecule has 36 heavy (non-hydrogen) atoms. The maximum Gasteiger partial charge on any atom is 0.226 e. The Bertz CT molecular complexity index is 1430. The number of aromatic nitrogens is 3. The third-order valence-electron chi connectivity index (χ3n) is 8.50. The molecule has 3 atom stereocenters. The molecule has 0 amide bonds. The van der Waals surface area contributed by atoms with Gasteiger partial charge in [-0.15, -0.1) is 0 Å². The first-order valence-corrected chi connectivity index (χ1v) is 13.1. The largest absolute Gasteiger partial charge is 0.474 e. The number of rotatable bonds is 3. The van der Waals surface area contributed by atoms with E-state index in [9.17, 15) is 4.79 Å². The van der Waals surface area contributed by atoms with Crippen molar-refractivity contribution in [3.8, 4) is 17.3 Å². The summed E-state index contributed by atoms with van der Waals surface area (Å²) in [4.78, 5) is 31.2. The van der Waals surface area contributed by atoms with Gasteiger partial charge in [-0.2, -0.15) is 4.98 Å².